The zero-order chi connectivity index (χ0) is 22.3. The second kappa shape index (κ2) is 10.2. The highest BCUT2D eigenvalue weighted by molar-refractivity contribution is 7.89. The first-order chi connectivity index (χ1) is 14.9. The van der Waals surface area contributed by atoms with Crippen LogP contribution < -0.4 is 10.1 Å². The van der Waals surface area contributed by atoms with Crippen LogP contribution in [0.25, 0.3) is 0 Å². The number of likely N-dealkylation sites (N-methyl/N-ethyl adjacent to an activating group) is 1. The van der Waals surface area contributed by atoms with E-state index in [0.717, 1.165) is 15.4 Å². The van der Waals surface area contributed by atoms with E-state index < -0.39 is 15.9 Å². The smallest absolute Gasteiger partial charge is 0.243 e. The Kier molecular flexibility index (Phi) is 7.44. The molecule has 0 radical (unpaired) electrons. The Balaban J connectivity index is 1.74. The molecule has 0 aliphatic rings. The lowest BCUT2D eigenvalue weighted by molar-refractivity contribution is -0.121. The first kappa shape index (κ1) is 22.5. The predicted molar refractivity (Wildman–Crippen MR) is 120 cm³/mol. The van der Waals surface area contributed by atoms with Crippen molar-refractivity contribution in [1.82, 2.24) is 9.62 Å². The van der Waals surface area contributed by atoms with Crippen molar-refractivity contribution in [3.8, 4) is 5.75 Å². The summed E-state index contributed by atoms with van der Waals surface area (Å²) in [6, 6.07) is 24.9. The van der Waals surface area contributed by atoms with E-state index in [1.165, 1.54) is 19.2 Å². The maximum atomic E-state index is 12.9. The summed E-state index contributed by atoms with van der Waals surface area (Å²) in [7, 11) is -2.42. The summed E-state index contributed by atoms with van der Waals surface area (Å²) in [6.45, 7) is 2.05. The van der Waals surface area contributed by atoms with Crippen LogP contribution in [0.5, 0.6) is 5.75 Å². The van der Waals surface area contributed by atoms with Gasteiger partial charge in [-0.15, -0.1) is 0 Å². The molecule has 0 saturated heterocycles. The van der Waals surface area contributed by atoms with E-state index in [0.29, 0.717) is 12.4 Å². The summed E-state index contributed by atoms with van der Waals surface area (Å²) >= 11 is 0. The third kappa shape index (κ3) is 5.71. The minimum atomic E-state index is -3.81. The van der Waals surface area contributed by atoms with Crippen molar-refractivity contribution in [2.45, 2.75) is 17.9 Å². The van der Waals surface area contributed by atoms with E-state index in [1.54, 1.807) is 12.1 Å². The minimum Gasteiger partial charge on any atom is -0.494 e. The fourth-order valence-corrected chi connectivity index (χ4v) is 4.33. The summed E-state index contributed by atoms with van der Waals surface area (Å²) in [5.74, 6) is 0.199. The van der Waals surface area contributed by atoms with Crippen molar-refractivity contribution in [2.24, 2.45) is 0 Å². The number of hydrogen-bond acceptors (Lipinski definition) is 4. The molecule has 0 aliphatic heterocycles. The Labute approximate surface area is 183 Å². The third-order valence-corrected chi connectivity index (χ3v) is 6.60. The summed E-state index contributed by atoms with van der Waals surface area (Å²) in [5.41, 5.74) is 1.83. The van der Waals surface area contributed by atoms with E-state index in [4.69, 9.17) is 4.74 Å². The SMILES string of the molecule is CCOc1ccc(S(=O)(=O)N(C)CC(=O)NC(c2ccccc2)c2ccccc2)cc1. The van der Waals surface area contributed by atoms with Crippen LogP contribution in [0.1, 0.15) is 24.1 Å². The number of sulfonamides is 1. The molecule has 3 aromatic carbocycles. The van der Waals surface area contributed by atoms with Gasteiger partial charge in [-0.1, -0.05) is 60.7 Å². The zero-order valence-electron chi connectivity index (χ0n) is 17.6. The van der Waals surface area contributed by atoms with Gasteiger partial charge in [-0.05, 0) is 42.3 Å². The van der Waals surface area contributed by atoms with Gasteiger partial charge in [0.05, 0.1) is 24.1 Å². The summed E-state index contributed by atoms with van der Waals surface area (Å²) < 4.78 is 32.1. The molecule has 162 valence electrons. The molecular weight excluding hydrogens is 412 g/mol. The number of carbonyl (C=O) groups is 1. The van der Waals surface area contributed by atoms with Crippen molar-refractivity contribution >= 4 is 15.9 Å². The number of benzene rings is 3. The number of amides is 1. The number of nitrogens with zero attached hydrogens (tertiary/aromatic N) is 1. The maximum absolute atomic E-state index is 12.9. The summed E-state index contributed by atoms with van der Waals surface area (Å²) in [6.07, 6.45) is 0. The highest BCUT2D eigenvalue weighted by Gasteiger charge is 2.25. The summed E-state index contributed by atoms with van der Waals surface area (Å²) in [4.78, 5) is 12.9. The number of rotatable bonds is 9. The molecule has 0 spiro atoms. The molecule has 1 N–H and O–H groups in total. The lowest BCUT2D eigenvalue weighted by Gasteiger charge is -2.22. The van der Waals surface area contributed by atoms with E-state index in [1.807, 2.05) is 67.6 Å². The van der Waals surface area contributed by atoms with E-state index in [2.05, 4.69) is 5.32 Å². The van der Waals surface area contributed by atoms with Crippen LogP contribution in [0.4, 0.5) is 0 Å². The van der Waals surface area contributed by atoms with E-state index in [9.17, 15) is 13.2 Å². The zero-order valence-corrected chi connectivity index (χ0v) is 18.4. The fraction of sp³-hybridized carbons (Fsp3) is 0.208. The van der Waals surface area contributed by atoms with Crippen LogP contribution in [0.2, 0.25) is 0 Å². The molecular formula is C24H26N2O4S. The molecule has 0 atom stereocenters. The van der Waals surface area contributed by atoms with Crippen LogP contribution in [0, 0.1) is 0 Å². The molecule has 0 bridgehead atoms. The van der Waals surface area contributed by atoms with Crippen molar-refractivity contribution < 1.29 is 17.9 Å². The average molecular weight is 439 g/mol. The minimum absolute atomic E-state index is 0.105. The molecule has 3 rings (SSSR count). The largest absolute Gasteiger partial charge is 0.494 e. The van der Waals surface area contributed by atoms with Gasteiger partial charge in [0.2, 0.25) is 15.9 Å². The first-order valence-electron chi connectivity index (χ1n) is 10.00. The highest BCUT2D eigenvalue weighted by Crippen LogP contribution is 2.22. The quantitative estimate of drug-likeness (QED) is 0.554. The second-order valence-electron chi connectivity index (χ2n) is 6.99. The van der Waals surface area contributed by atoms with Crippen molar-refractivity contribution in [3.63, 3.8) is 0 Å². The number of carbonyl (C=O) groups excluding carboxylic acids is 1. The van der Waals surface area contributed by atoms with Crippen LogP contribution >= 0.6 is 0 Å². The average Bonchev–Trinajstić information content (AvgIpc) is 2.79. The Morgan fingerprint density at radius 3 is 1.90 bits per heavy atom. The van der Waals surface area contributed by atoms with Gasteiger partial charge in [-0.2, -0.15) is 4.31 Å². The second-order valence-corrected chi connectivity index (χ2v) is 9.03. The lowest BCUT2D eigenvalue weighted by Crippen LogP contribution is -2.40. The van der Waals surface area contributed by atoms with Crippen LogP contribution in [-0.4, -0.2) is 38.8 Å². The van der Waals surface area contributed by atoms with Crippen LogP contribution in [0.15, 0.2) is 89.8 Å². The van der Waals surface area contributed by atoms with Gasteiger partial charge in [0, 0.05) is 7.05 Å². The molecule has 0 fully saturated rings. The van der Waals surface area contributed by atoms with Gasteiger partial charge in [-0.3, -0.25) is 4.79 Å². The van der Waals surface area contributed by atoms with E-state index >= 15 is 0 Å². The Morgan fingerprint density at radius 1 is 0.903 bits per heavy atom. The Morgan fingerprint density at radius 2 is 1.42 bits per heavy atom. The topological polar surface area (TPSA) is 75.7 Å². The van der Waals surface area contributed by atoms with Crippen molar-refractivity contribution in [1.29, 1.82) is 0 Å². The van der Waals surface area contributed by atoms with Gasteiger partial charge in [-0.25, -0.2) is 8.42 Å². The molecule has 7 heteroatoms. The molecule has 31 heavy (non-hydrogen) atoms. The molecule has 0 aromatic heterocycles. The van der Waals surface area contributed by atoms with Gasteiger partial charge in [0.1, 0.15) is 5.75 Å². The van der Waals surface area contributed by atoms with Gasteiger partial charge < -0.3 is 10.1 Å². The Hall–Kier alpha value is -3.16. The van der Waals surface area contributed by atoms with Gasteiger partial charge in [0.15, 0.2) is 0 Å². The fourth-order valence-electron chi connectivity index (χ4n) is 3.20. The molecule has 0 heterocycles. The molecule has 1 amide bonds. The van der Waals surface area contributed by atoms with E-state index in [-0.39, 0.29) is 17.5 Å². The van der Waals surface area contributed by atoms with Gasteiger partial charge >= 0.3 is 0 Å². The molecule has 3 aromatic rings. The number of ether oxygens (including phenoxy) is 1. The third-order valence-electron chi connectivity index (χ3n) is 4.78. The van der Waals surface area contributed by atoms with Crippen molar-refractivity contribution in [2.75, 3.05) is 20.2 Å². The normalized spacial score (nSPS) is 11.5. The van der Waals surface area contributed by atoms with Crippen molar-refractivity contribution in [3.05, 3.63) is 96.1 Å². The summed E-state index contributed by atoms with van der Waals surface area (Å²) in [5, 5.41) is 2.96. The monoisotopic (exact) mass is 438 g/mol. The predicted octanol–water partition coefficient (Wildman–Crippen LogP) is 3.61. The van der Waals surface area contributed by atoms with Gasteiger partial charge in [0.25, 0.3) is 0 Å². The molecule has 0 aliphatic carbocycles. The van der Waals surface area contributed by atoms with Crippen LogP contribution in [0.3, 0.4) is 0 Å². The molecule has 0 saturated carbocycles. The standard InChI is InChI=1S/C24H26N2O4S/c1-3-30-21-14-16-22(17-15-21)31(28,29)26(2)18-23(27)25-24(19-10-6-4-7-11-19)20-12-8-5-9-13-20/h4-17,24H,3,18H2,1-2H3,(H,25,27). The van der Waals surface area contributed by atoms with Crippen LogP contribution in [-0.2, 0) is 14.8 Å². The molecule has 0 unspecified atom stereocenters. The Bertz CT molecular complexity index is 1050. The first-order valence-corrected chi connectivity index (χ1v) is 11.4. The lowest BCUT2D eigenvalue weighted by atomic mass is 9.99. The maximum Gasteiger partial charge on any atom is 0.243 e. The molecule has 6 nitrogen and oxygen atoms in total. The number of hydrogen-bond donors (Lipinski definition) is 1. The highest BCUT2D eigenvalue weighted by atomic mass is 32.2. The number of nitrogens with one attached hydrogen (secondary N) is 1.